The van der Waals surface area contributed by atoms with Crippen molar-refractivity contribution >= 4 is 11.8 Å². The first-order chi connectivity index (χ1) is 15.1. The molecule has 5 heteroatoms. The molecule has 0 aromatic heterocycles. The van der Waals surface area contributed by atoms with Gasteiger partial charge in [0, 0.05) is 13.1 Å². The van der Waals surface area contributed by atoms with Crippen molar-refractivity contribution in [3.63, 3.8) is 0 Å². The first-order valence-corrected chi connectivity index (χ1v) is 10.4. The minimum Gasteiger partial charge on any atom is -0.497 e. The van der Waals surface area contributed by atoms with Crippen LogP contribution in [0, 0.1) is 0 Å². The summed E-state index contributed by atoms with van der Waals surface area (Å²) in [4.78, 5) is 28.3. The van der Waals surface area contributed by atoms with Gasteiger partial charge in [-0.2, -0.15) is 0 Å². The number of amides is 2. The van der Waals surface area contributed by atoms with Crippen molar-refractivity contribution in [2.24, 2.45) is 0 Å². The Balaban J connectivity index is 1.98. The summed E-state index contributed by atoms with van der Waals surface area (Å²) in [7, 11) is 1.62. The monoisotopic (exact) mass is 416 g/mol. The molecule has 3 aromatic carbocycles. The summed E-state index contributed by atoms with van der Waals surface area (Å²) in [5, 5.41) is 2.89. The number of likely N-dealkylation sites (N-methyl/N-ethyl adjacent to an activating group) is 1. The van der Waals surface area contributed by atoms with Crippen molar-refractivity contribution in [3.8, 4) is 5.75 Å². The molecule has 0 aliphatic heterocycles. The lowest BCUT2D eigenvalue weighted by molar-refractivity contribution is -0.141. The molecule has 2 amide bonds. The quantitative estimate of drug-likeness (QED) is 0.570. The molecule has 0 spiro atoms. The molecule has 0 saturated carbocycles. The predicted molar refractivity (Wildman–Crippen MR) is 122 cm³/mol. The molecule has 3 rings (SSSR count). The molecule has 0 bridgehead atoms. The van der Waals surface area contributed by atoms with Gasteiger partial charge in [-0.15, -0.1) is 0 Å². The number of methoxy groups -OCH3 is 1. The van der Waals surface area contributed by atoms with Crippen LogP contribution >= 0.6 is 0 Å². The van der Waals surface area contributed by atoms with E-state index < -0.39 is 6.04 Å². The third-order valence-electron chi connectivity index (χ3n) is 5.06. The summed E-state index contributed by atoms with van der Waals surface area (Å²) >= 11 is 0. The summed E-state index contributed by atoms with van der Waals surface area (Å²) in [6.07, 6.45) is 0.222. The van der Waals surface area contributed by atoms with Gasteiger partial charge in [0.15, 0.2) is 0 Å². The smallest absolute Gasteiger partial charge is 0.247 e. The Hall–Kier alpha value is -3.60. The molecule has 3 aromatic rings. The Morgan fingerprint density at radius 1 is 0.871 bits per heavy atom. The Morgan fingerprint density at radius 3 is 2.06 bits per heavy atom. The van der Waals surface area contributed by atoms with E-state index in [0.29, 0.717) is 13.1 Å². The Labute approximate surface area is 183 Å². The molecule has 1 N–H and O–H groups in total. The van der Waals surface area contributed by atoms with E-state index in [1.165, 1.54) is 0 Å². The van der Waals surface area contributed by atoms with Gasteiger partial charge in [-0.1, -0.05) is 72.8 Å². The van der Waals surface area contributed by atoms with Crippen LogP contribution in [0.3, 0.4) is 0 Å². The average Bonchev–Trinajstić information content (AvgIpc) is 2.80. The summed E-state index contributed by atoms with van der Waals surface area (Å²) in [5.41, 5.74) is 2.62. The number of nitrogens with one attached hydrogen (secondary N) is 1. The van der Waals surface area contributed by atoms with Crippen molar-refractivity contribution in [3.05, 3.63) is 102 Å². The number of nitrogens with zero attached hydrogens (tertiary/aromatic N) is 1. The molecule has 160 valence electrons. The molecule has 5 nitrogen and oxygen atoms in total. The van der Waals surface area contributed by atoms with Crippen molar-refractivity contribution in [2.75, 3.05) is 13.7 Å². The van der Waals surface area contributed by atoms with Gasteiger partial charge >= 0.3 is 0 Å². The highest BCUT2D eigenvalue weighted by molar-refractivity contribution is 5.89. The zero-order valence-electron chi connectivity index (χ0n) is 18.0. The minimum atomic E-state index is -0.723. The summed E-state index contributed by atoms with van der Waals surface area (Å²) < 4.78 is 5.24. The number of carbonyl (C=O) groups excluding carboxylic acids is 2. The lowest BCUT2D eigenvalue weighted by atomic mass is 10.0. The largest absolute Gasteiger partial charge is 0.497 e. The second kappa shape index (κ2) is 11.0. The zero-order chi connectivity index (χ0) is 22.1. The maximum Gasteiger partial charge on any atom is 0.247 e. The standard InChI is InChI=1S/C26H28N2O3/c1-3-27-26(30)25(22-12-8-5-9-13-22)28(19-21-14-16-23(31-2)17-15-21)24(29)18-20-10-6-4-7-11-20/h4-17,25H,3,18-19H2,1-2H3,(H,27,30)/t25-/m0/s1. The second-order valence-corrected chi connectivity index (χ2v) is 7.24. The van der Waals surface area contributed by atoms with E-state index in [4.69, 9.17) is 4.74 Å². The number of hydrogen-bond donors (Lipinski definition) is 1. The highest BCUT2D eigenvalue weighted by atomic mass is 16.5. The van der Waals surface area contributed by atoms with E-state index in [1.807, 2.05) is 91.9 Å². The van der Waals surface area contributed by atoms with Gasteiger partial charge < -0.3 is 15.0 Å². The Kier molecular flexibility index (Phi) is 7.82. The van der Waals surface area contributed by atoms with Gasteiger partial charge in [-0.05, 0) is 35.7 Å². The molecule has 0 unspecified atom stereocenters. The second-order valence-electron chi connectivity index (χ2n) is 7.24. The van der Waals surface area contributed by atoms with E-state index in [1.54, 1.807) is 12.0 Å². The van der Waals surface area contributed by atoms with Crippen LogP contribution in [0.15, 0.2) is 84.9 Å². The van der Waals surface area contributed by atoms with Gasteiger partial charge in [0.05, 0.1) is 13.5 Å². The molecule has 0 saturated heterocycles. The molecule has 0 radical (unpaired) electrons. The molecule has 0 aliphatic carbocycles. The number of hydrogen-bond acceptors (Lipinski definition) is 3. The van der Waals surface area contributed by atoms with Crippen LogP contribution in [0.4, 0.5) is 0 Å². The van der Waals surface area contributed by atoms with E-state index in [9.17, 15) is 9.59 Å². The van der Waals surface area contributed by atoms with Gasteiger partial charge in [-0.25, -0.2) is 0 Å². The number of carbonyl (C=O) groups is 2. The fourth-order valence-electron chi connectivity index (χ4n) is 3.50. The number of ether oxygens (including phenoxy) is 1. The van der Waals surface area contributed by atoms with Crippen molar-refractivity contribution < 1.29 is 14.3 Å². The summed E-state index contributed by atoms with van der Waals surface area (Å²) in [5.74, 6) is 0.444. The molecular formula is C26H28N2O3. The fraction of sp³-hybridized carbons (Fsp3) is 0.231. The third-order valence-corrected chi connectivity index (χ3v) is 5.06. The topological polar surface area (TPSA) is 58.6 Å². The molecule has 0 fully saturated rings. The van der Waals surface area contributed by atoms with E-state index >= 15 is 0 Å². The summed E-state index contributed by atoms with van der Waals surface area (Å²) in [6.45, 7) is 2.68. The van der Waals surface area contributed by atoms with Crippen LogP contribution in [-0.2, 0) is 22.6 Å². The van der Waals surface area contributed by atoms with Crippen LogP contribution < -0.4 is 10.1 Å². The highest BCUT2D eigenvalue weighted by Gasteiger charge is 2.31. The fourth-order valence-corrected chi connectivity index (χ4v) is 3.50. The van der Waals surface area contributed by atoms with Crippen LogP contribution in [0.1, 0.15) is 29.7 Å². The maximum atomic E-state index is 13.5. The van der Waals surface area contributed by atoms with E-state index in [2.05, 4.69) is 5.32 Å². The van der Waals surface area contributed by atoms with E-state index in [-0.39, 0.29) is 18.2 Å². The molecule has 1 atom stereocenters. The van der Waals surface area contributed by atoms with Gasteiger partial charge in [0.1, 0.15) is 11.8 Å². The van der Waals surface area contributed by atoms with Crippen LogP contribution in [-0.4, -0.2) is 30.4 Å². The molecule has 0 aliphatic rings. The summed E-state index contributed by atoms with van der Waals surface area (Å²) in [6, 6.07) is 25.9. The number of benzene rings is 3. The van der Waals surface area contributed by atoms with Crippen LogP contribution in [0.2, 0.25) is 0 Å². The van der Waals surface area contributed by atoms with Crippen LogP contribution in [0.25, 0.3) is 0 Å². The van der Waals surface area contributed by atoms with Crippen molar-refractivity contribution in [2.45, 2.75) is 25.9 Å². The molecule has 31 heavy (non-hydrogen) atoms. The lowest BCUT2D eigenvalue weighted by Gasteiger charge is -2.31. The highest BCUT2D eigenvalue weighted by Crippen LogP contribution is 2.25. The average molecular weight is 417 g/mol. The molecule has 0 heterocycles. The van der Waals surface area contributed by atoms with Crippen molar-refractivity contribution in [1.82, 2.24) is 10.2 Å². The predicted octanol–water partition coefficient (Wildman–Crippen LogP) is 4.14. The zero-order valence-corrected chi connectivity index (χ0v) is 18.0. The normalized spacial score (nSPS) is 11.4. The molecular weight excluding hydrogens is 388 g/mol. The van der Waals surface area contributed by atoms with Gasteiger partial charge in [0.25, 0.3) is 0 Å². The third kappa shape index (κ3) is 5.95. The van der Waals surface area contributed by atoms with Crippen LogP contribution in [0.5, 0.6) is 5.75 Å². The van der Waals surface area contributed by atoms with Gasteiger partial charge in [0.2, 0.25) is 11.8 Å². The number of rotatable bonds is 9. The first-order valence-electron chi connectivity index (χ1n) is 10.4. The SMILES string of the molecule is CCNC(=O)[C@H](c1ccccc1)N(Cc1ccc(OC)cc1)C(=O)Cc1ccccc1. The lowest BCUT2D eigenvalue weighted by Crippen LogP contribution is -2.44. The Bertz CT molecular complexity index is 973. The van der Waals surface area contributed by atoms with Crippen molar-refractivity contribution in [1.29, 1.82) is 0 Å². The van der Waals surface area contributed by atoms with Gasteiger partial charge in [-0.3, -0.25) is 9.59 Å². The first kappa shape index (κ1) is 22.1. The van der Waals surface area contributed by atoms with E-state index in [0.717, 1.165) is 22.4 Å². The maximum absolute atomic E-state index is 13.5. The minimum absolute atomic E-state index is 0.109. The Morgan fingerprint density at radius 2 is 1.48 bits per heavy atom.